The number of nitrogens with one attached hydrogen (secondary N) is 1. The van der Waals surface area contributed by atoms with Crippen LogP contribution in [-0.2, 0) is 11.2 Å². The molecule has 0 bridgehead atoms. The van der Waals surface area contributed by atoms with E-state index < -0.39 is 6.10 Å². The van der Waals surface area contributed by atoms with Crippen molar-refractivity contribution in [3.63, 3.8) is 0 Å². The number of anilines is 2. The molecular formula is C16H17N3O2. The molecule has 1 aromatic heterocycles. The van der Waals surface area contributed by atoms with Crippen LogP contribution in [-0.4, -0.2) is 17.0 Å². The molecule has 0 aliphatic carbocycles. The predicted molar refractivity (Wildman–Crippen MR) is 81.3 cm³/mol. The van der Waals surface area contributed by atoms with Crippen LogP contribution in [0.2, 0.25) is 0 Å². The summed E-state index contributed by atoms with van der Waals surface area (Å²) in [5, 5.41) is 2.79. The smallest absolute Gasteiger partial charge is 0.265 e. The highest BCUT2D eigenvalue weighted by molar-refractivity contribution is 5.95. The van der Waals surface area contributed by atoms with Gasteiger partial charge in [0, 0.05) is 6.42 Å². The predicted octanol–water partition coefficient (Wildman–Crippen LogP) is 2.22. The molecule has 3 N–H and O–H groups in total. The second-order valence-electron chi connectivity index (χ2n) is 5.32. The van der Waals surface area contributed by atoms with Gasteiger partial charge >= 0.3 is 0 Å². The summed E-state index contributed by atoms with van der Waals surface area (Å²) in [5.74, 6) is 1.05. The quantitative estimate of drug-likeness (QED) is 0.886. The normalized spacial score (nSPS) is 16.2. The summed E-state index contributed by atoms with van der Waals surface area (Å²) in [5.41, 5.74) is 9.58. The summed E-state index contributed by atoms with van der Waals surface area (Å²) in [6.07, 6.45) is 1.62. The van der Waals surface area contributed by atoms with Crippen LogP contribution < -0.4 is 15.8 Å². The molecule has 1 amide bonds. The number of carbonyl (C=O) groups is 1. The van der Waals surface area contributed by atoms with Crippen molar-refractivity contribution in [2.45, 2.75) is 26.4 Å². The molecule has 5 heteroatoms. The van der Waals surface area contributed by atoms with Crippen molar-refractivity contribution >= 4 is 17.4 Å². The average Bonchev–Trinajstić information content (AvgIpc) is 2.85. The second kappa shape index (κ2) is 5.09. The lowest BCUT2D eigenvalue weighted by molar-refractivity contribution is -0.122. The van der Waals surface area contributed by atoms with Crippen molar-refractivity contribution in [2.75, 3.05) is 11.1 Å². The first-order valence-corrected chi connectivity index (χ1v) is 6.82. The van der Waals surface area contributed by atoms with Gasteiger partial charge in [-0.25, -0.2) is 4.98 Å². The molecule has 0 spiro atoms. The van der Waals surface area contributed by atoms with Gasteiger partial charge in [-0.3, -0.25) is 4.79 Å². The van der Waals surface area contributed by atoms with Gasteiger partial charge in [0.05, 0.1) is 11.9 Å². The monoisotopic (exact) mass is 283 g/mol. The van der Waals surface area contributed by atoms with E-state index in [4.69, 9.17) is 10.5 Å². The van der Waals surface area contributed by atoms with Crippen LogP contribution in [0.15, 0.2) is 30.5 Å². The van der Waals surface area contributed by atoms with Crippen LogP contribution in [0.25, 0.3) is 0 Å². The van der Waals surface area contributed by atoms with Crippen molar-refractivity contribution in [1.82, 2.24) is 4.98 Å². The molecule has 0 fully saturated rings. The lowest BCUT2D eigenvalue weighted by Crippen LogP contribution is -2.31. The largest absolute Gasteiger partial charge is 0.480 e. The molecule has 0 radical (unpaired) electrons. The Balaban J connectivity index is 1.72. The maximum absolute atomic E-state index is 12.2. The Morgan fingerprint density at radius 1 is 1.33 bits per heavy atom. The number of nitrogens with zero attached hydrogens (tertiary/aromatic N) is 1. The number of aryl methyl sites for hydroxylation is 2. The maximum atomic E-state index is 12.2. The van der Waals surface area contributed by atoms with Crippen LogP contribution >= 0.6 is 0 Å². The third kappa shape index (κ3) is 2.67. The van der Waals surface area contributed by atoms with Crippen molar-refractivity contribution < 1.29 is 9.53 Å². The van der Waals surface area contributed by atoms with Crippen LogP contribution in [0, 0.1) is 13.8 Å². The highest BCUT2D eigenvalue weighted by Crippen LogP contribution is 2.31. The number of nitrogen functional groups attached to an aromatic ring is 1. The molecule has 1 aliphatic heterocycles. The van der Waals surface area contributed by atoms with E-state index >= 15 is 0 Å². The molecular weight excluding hydrogens is 266 g/mol. The van der Waals surface area contributed by atoms with Crippen LogP contribution in [0.1, 0.15) is 16.7 Å². The fraction of sp³-hybridized carbons (Fsp3) is 0.250. The summed E-state index contributed by atoms with van der Waals surface area (Å²) >= 11 is 0. The first-order valence-electron chi connectivity index (χ1n) is 6.82. The molecule has 1 aromatic carbocycles. The van der Waals surface area contributed by atoms with Crippen molar-refractivity contribution in [3.05, 3.63) is 47.2 Å². The summed E-state index contributed by atoms with van der Waals surface area (Å²) in [7, 11) is 0. The van der Waals surface area contributed by atoms with Gasteiger partial charge in [-0.1, -0.05) is 6.07 Å². The molecule has 0 saturated heterocycles. The lowest BCUT2D eigenvalue weighted by Gasteiger charge is -2.11. The Kier molecular flexibility index (Phi) is 3.25. The minimum Gasteiger partial charge on any atom is -0.480 e. The molecule has 1 unspecified atom stereocenters. The van der Waals surface area contributed by atoms with Crippen LogP contribution in [0.5, 0.6) is 5.75 Å². The highest BCUT2D eigenvalue weighted by atomic mass is 16.5. The first-order chi connectivity index (χ1) is 10.0. The fourth-order valence-corrected chi connectivity index (χ4v) is 2.36. The van der Waals surface area contributed by atoms with Gasteiger partial charge in [-0.2, -0.15) is 0 Å². The summed E-state index contributed by atoms with van der Waals surface area (Å²) < 4.78 is 5.74. The zero-order valence-electron chi connectivity index (χ0n) is 12.0. The SMILES string of the molecule is Cc1cc2c(cc1C)OC(C(=O)Nc1ccc(N)nc1)C2. The molecule has 2 heterocycles. The Morgan fingerprint density at radius 2 is 2.10 bits per heavy atom. The molecule has 1 atom stereocenters. The van der Waals surface area contributed by atoms with E-state index in [1.165, 1.54) is 11.8 Å². The van der Waals surface area contributed by atoms with Gasteiger partial charge in [0.25, 0.3) is 5.91 Å². The van der Waals surface area contributed by atoms with E-state index in [0.29, 0.717) is 17.9 Å². The minimum atomic E-state index is -0.501. The Bertz CT molecular complexity index is 664. The first kappa shape index (κ1) is 13.4. The van der Waals surface area contributed by atoms with E-state index in [0.717, 1.165) is 16.9 Å². The molecule has 108 valence electrons. The van der Waals surface area contributed by atoms with Crippen LogP contribution in [0.3, 0.4) is 0 Å². The van der Waals surface area contributed by atoms with Gasteiger partial charge < -0.3 is 15.8 Å². The van der Waals surface area contributed by atoms with Crippen molar-refractivity contribution in [2.24, 2.45) is 0 Å². The zero-order chi connectivity index (χ0) is 15.0. The third-order valence-electron chi connectivity index (χ3n) is 3.70. The fourth-order valence-electron chi connectivity index (χ4n) is 2.36. The molecule has 21 heavy (non-hydrogen) atoms. The molecule has 0 saturated carbocycles. The second-order valence-corrected chi connectivity index (χ2v) is 5.32. The zero-order valence-corrected chi connectivity index (χ0v) is 12.0. The Morgan fingerprint density at radius 3 is 2.81 bits per heavy atom. The van der Waals surface area contributed by atoms with Gasteiger partial charge in [-0.05, 0) is 48.7 Å². The molecule has 3 rings (SSSR count). The Hall–Kier alpha value is -2.56. The number of amides is 1. The minimum absolute atomic E-state index is 0.173. The number of hydrogen-bond donors (Lipinski definition) is 2. The number of pyridine rings is 1. The van der Waals surface area contributed by atoms with E-state index in [2.05, 4.69) is 23.3 Å². The molecule has 5 nitrogen and oxygen atoms in total. The van der Waals surface area contributed by atoms with Gasteiger partial charge in [0.1, 0.15) is 11.6 Å². The van der Waals surface area contributed by atoms with Gasteiger partial charge in [0.15, 0.2) is 6.10 Å². The molecule has 1 aliphatic rings. The number of fused-ring (bicyclic) bond motifs is 1. The van der Waals surface area contributed by atoms with Gasteiger partial charge in [-0.15, -0.1) is 0 Å². The van der Waals surface area contributed by atoms with E-state index in [1.807, 2.05) is 13.0 Å². The lowest BCUT2D eigenvalue weighted by atomic mass is 10.0. The van der Waals surface area contributed by atoms with Crippen LogP contribution in [0.4, 0.5) is 11.5 Å². The number of ether oxygens (including phenoxy) is 1. The number of hydrogen-bond acceptors (Lipinski definition) is 4. The average molecular weight is 283 g/mol. The standard InChI is InChI=1S/C16H17N3O2/c1-9-5-11-7-14(21-13(11)6-10(9)2)16(20)19-12-3-4-15(17)18-8-12/h3-6,8,14H,7H2,1-2H3,(H2,17,18)(H,19,20). The third-order valence-corrected chi connectivity index (χ3v) is 3.70. The number of rotatable bonds is 2. The maximum Gasteiger partial charge on any atom is 0.265 e. The number of aromatic nitrogens is 1. The molecule has 2 aromatic rings. The van der Waals surface area contributed by atoms with E-state index in [1.54, 1.807) is 12.1 Å². The number of nitrogens with two attached hydrogens (primary N) is 1. The number of carbonyl (C=O) groups excluding carboxylic acids is 1. The van der Waals surface area contributed by atoms with Crippen molar-refractivity contribution in [1.29, 1.82) is 0 Å². The highest BCUT2D eigenvalue weighted by Gasteiger charge is 2.29. The summed E-state index contributed by atoms with van der Waals surface area (Å²) in [4.78, 5) is 16.2. The van der Waals surface area contributed by atoms with E-state index in [-0.39, 0.29) is 5.91 Å². The topological polar surface area (TPSA) is 77.2 Å². The summed E-state index contributed by atoms with van der Waals surface area (Å²) in [6.45, 7) is 4.09. The van der Waals surface area contributed by atoms with E-state index in [9.17, 15) is 4.79 Å². The Labute approximate surface area is 123 Å². The van der Waals surface area contributed by atoms with Crippen molar-refractivity contribution in [3.8, 4) is 5.75 Å². The number of benzene rings is 1. The summed E-state index contributed by atoms with van der Waals surface area (Å²) in [6, 6.07) is 7.44. The van der Waals surface area contributed by atoms with Gasteiger partial charge in [0.2, 0.25) is 0 Å².